The van der Waals surface area contributed by atoms with Crippen molar-refractivity contribution in [1.82, 2.24) is 5.32 Å². The molecule has 0 aromatic rings. The van der Waals surface area contributed by atoms with E-state index in [1.165, 1.54) is 12.2 Å². The molecule has 0 bridgehead atoms. The highest BCUT2D eigenvalue weighted by molar-refractivity contribution is 7.99. The van der Waals surface area contributed by atoms with Gasteiger partial charge in [-0.05, 0) is 12.2 Å². The topological polar surface area (TPSA) is 30.5 Å². The Kier molecular flexibility index (Phi) is 3.14. The zero-order valence-electron chi connectivity index (χ0n) is 8.04. The average molecular weight is 203 g/mol. The molecule has 3 nitrogen and oxygen atoms in total. The molecular formula is C9H17NO2S. The number of thioether (sulfide) groups is 1. The molecule has 2 unspecified atom stereocenters. The first kappa shape index (κ1) is 9.77. The second kappa shape index (κ2) is 4.17. The summed E-state index contributed by atoms with van der Waals surface area (Å²) in [5.74, 6) is 2.34. The van der Waals surface area contributed by atoms with Crippen molar-refractivity contribution in [3.8, 4) is 0 Å². The minimum atomic E-state index is 0.0684. The minimum Gasteiger partial charge on any atom is -0.383 e. The fourth-order valence-corrected chi connectivity index (χ4v) is 3.51. The molecule has 2 aliphatic heterocycles. The van der Waals surface area contributed by atoms with Gasteiger partial charge in [0.05, 0.1) is 24.9 Å². The molecule has 2 fully saturated rings. The molecule has 4 heteroatoms. The number of rotatable bonds is 2. The normalized spacial score (nSPS) is 39.9. The zero-order valence-corrected chi connectivity index (χ0v) is 8.86. The van der Waals surface area contributed by atoms with Crippen molar-refractivity contribution in [2.75, 3.05) is 38.4 Å². The maximum absolute atomic E-state index is 5.93. The summed E-state index contributed by atoms with van der Waals surface area (Å²) in [6, 6.07) is 0.390. The van der Waals surface area contributed by atoms with E-state index in [0.29, 0.717) is 6.04 Å². The third kappa shape index (κ3) is 1.86. The Labute approximate surface area is 83.5 Å². The highest BCUT2D eigenvalue weighted by Gasteiger charge is 2.44. The van der Waals surface area contributed by atoms with E-state index in [1.54, 1.807) is 7.11 Å². The Balaban J connectivity index is 2.03. The Morgan fingerprint density at radius 3 is 3.31 bits per heavy atom. The van der Waals surface area contributed by atoms with E-state index < -0.39 is 0 Å². The fourth-order valence-electron chi connectivity index (χ4n) is 2.10. The van der Waals surface area contributed by atoms with E-state index in [2.05, 4.69) is 5.32 Å². The molecule has 2 atom stereocenters. The van der Waals surface area contributed by atoms with Gasteiger partial charge in [-0.15, -0.1) is 0 Å². The molecule has 0 amide bonds. The maximum atomic E-state index is 5.93. The lowest BCUT2D eigenvalue weighted by Crippen LogP contribution is -2.60. The molecule has 0 aliphatic carbocycles. The van der Waals surface area contributed by atoms with Crippen LogP contribution in [-0.2, 0) is 9.47 Å². The van der Waals surface area contributed by atoms with Crippen molar-refractivity contribution in [2.24, 2.45) is 0 Å². The van der Waals surface area contributed by atoms with Gasteiger partial charge in [-0.1, -0.05) is 0 Å². The van der Waals surface area contributed by atoms with Crippen molar-refractivity contribution in [2.45, 2.75) is 18.1 Å². The molecule has 0 saturated carbocycles. The Morgan fingerprint density at radius 1 is 1.69 bits per heavy atom. The van der Waals surface area contributed by atoms with Crippen molar-refractivity contribution in [1.29, 1.82) is 0 Å². The molecule has 76 valence electrons. The zero-order chi connectivity index (χ0) is 9.15. The van der Waals surface area contributed by atoms with E-state index in [9.17, 15) is 0 Å². The largest absolute Gasteiger partial charge is 0.383 e. The van der Waals surface area contributed by atoms with Crippen LogP contribution in [0, 0.1) is 0 Å². The van der Waals surface area contributed by atoms with Gasteiger partial charge in [0.2, 0.25) is 0 Å². The van der Waals surface area contributed by atoms with Crippen molar-refractivity contribution in [3.63, 3.8) is 0 Å². The monoisotopic (exact) mass is 203 g/mol. The standard InChI is InChI=1S/C9H17NO2S/c1-11-6-8-9(2-5-13-7-9)12-4-3-10-8/h8,10H,2-7H2,1H3. The minimum absolute atomic E-state index is 0.0684. The van der Waals surface area contributed by atoms with Gasteiger partial charge in [-0.3, -0.25) is 0 Å². The summed E-state index contributed by atoms with van der Waals surface area (Å²) in [4.78, 5) is 0. The maximum Gasteiger partial charge on any atom is 0.0955 e. The molecule has 2 heterocycles. The van der Waals surface area contributed by atoms with Gasteiger partial charge in [0.1, 0.15) is 0 Å². The summed E-state index contributed by atoms with van der Waals surface area (Å²) in [6.07, 6.45) is 1.17. The molecule has 2 aliphatic rings. The summed E-state index contributed by atoms with van der Waals surface area (Å²) < 4.78 is 11.1. The van der Waals surface area contributed by atoms with Crippen LogP contribution in [0.5, 0.6) is 0 Å². The molecular weight excluding hydrogens is 186 g/mol. The van der Waals surface area contributed by atoms with Crippen LogP contribution in [0.4, 0.5) is 0 Å². The van der Waals surface area contributed by atoms with Gasteiger partial charge in [0.15, 0.2) is 0 Å². The second-order valence-electron chi connectivity index (χ2n) is 3.68. The van der Waals surface area contributed by atoms with Crippen molar-refractivity contribution >= 4 is 11.8 Å². The predicted molar refractivity (Wildman–Crippen MR) is 54.3 cm³/mol. The molecule has 1 spiro atoms. The second-order valence-corrected chi connectivity index (χ2v) is 4.78. The van der Waals surface area contributed by atoms with Crippen molar-refractivity contribution < 1.29 is 9.47 Å². The molecule has 0 radical (unpaired) electrons. The molecule has 0 aromatic carbocycles. The van der Waals surface area contributed by atoms with Crippen LogP contribution < -0.4 is 5.32 Å². The van der Waals surface area contributed by atoms with Gasteiger partial charge in [-0.2, -0.15) is 11.8 Å². The first-order valence-electron chi connectivity index (χ1n) is 4.81. The molecule has 1 N–H and O–H groups in total. The van der Waals surface area contributed by atoms with Crippen LogP contribution in [0.1, 0.15) is 6.42 Å². The van der Waals surface area contributed by atoms with Gasteiger partial charge in [0, 0.05) is 19.4 Å². The number of methoxy groups -OCH3 is 1. The fraction of sp³-hybridized carbons (Fsp3) is 1.00. The lowest BCUT2D eigenvalue weighted by atomic mass is 9.92. The lowest BCUT2D eigenvalue weighted by molar-refractivity contribution is -0.0930. The third-order valence-electron chi connectivity index (χ3n) is 2.87. The number of morpholine rings is 1. The number of nitrogens with one attached hydrogen (secondary N) is 1. The number of ether oxygens (including phenoxy) is 2. The van der Waals surface area contributed by atoms with E-state index >= 15 is 0 Å². The van der Waals surface area contributed by atoms with Crippen LogP contribution in [0.25, 0.3) is 0 Å². The van der Waals surface area contributed by atoms with Crippen LogP contribution in [-0.4, -0.2) is 50.0 Å². The summed E-state index contributed by atoms with van der Waals surface area (Å²) >= 11 is 1.99. The first-order valence-corrected chi connectivity index (χ1v) is 5.97. The lowest BCUT2D eigenvalue weighted by Gasteiger charge is -2.41. The molecule has 2 rings (SSSR count). The SMILES string of the molecule is COCC1NCCOC12CCSC2. The van der Waals surface area contributed by atoms with Crippen LogP contribution >= 0.6 is 11.8 Å². The summed E-state index contributed by atoms with van der Waals surface area (Å²) in [5.41, 5.74) is 0.0684. The van der Waals surface area contributed by atoms with Gasteiger partial charge < -0.3 is 14.8 Å². The van der Waals surface area contributed by atoms with Gasteiger partial charge in [0.25, 0.3) is 0 Å². The van der Waals surface area contributed by atoms with E-state index in [0.717, 1.165) is 25.5 Å². The van der Waals surface area contributed by atoms with Crippen molar-refractivity contribution in [3.05, 3.63) is 0 Å². The van der Waals surface area contributed by atoms with Gasteiger partial charge in [-0.25, -0.2) is 0 Å². The summed E-state index contributed by atoms with van der Waals surface area (Å²) in [6.45, 7) is 2.57. The van der Waals surface area contributed by atoms with Gasteiger partial charge >= 0.3 is 0 Å². The highest BCUT2D eigenvalue weighted by atomic mass is 32.2. The number of hydrogen-bond acceptors (Lipinski definition) is 4. The Bertz CT molecular complexity index is 169. The van der Waals surface area contributed by atoms with E-state index in [4.69, 9.17) is 9.47 Å². The van der Waals surface area contributed by atoms with E-state index in [1.807, 2.05) is 11.8 Å². The van der Waals surface area contributed by atoms with Crippen LogP contribution in [0.3, 0.4) is 0 Å². The number of hydrogen-bond donors (Lipinski definition) is 1. The predicted octanol–water partition coefficient (Wildman–Crippen LogP) is 0.497. The Hall–Kier alpha value is 0.230. The summed E-state index contributed by atoms with van der Waals surface area (Å²) in [5, 5.41) is 3.49. The summed E-state index contributed by atoms with van der Waals surface area (Å²) in [7, 11) is 1.76. The molecule has 0 aromatic heterocycles. The Morgan fingerprint density at radius 2 is 2.62 bits per heavy atom. The smallest absolute Gasteiger partial charge is 0.0955 e. The molecule has 2 saturated heterocycles. The van der Waals surface area contributed by atoms with Crippen LogP contribution in [0.2, 0.25) is 0 Å². The average Bonchev–Trinajstić information content (AvgIpc) is 2.59. The van der Waals surface area contributed by atoms with E-state index in [-0.39, 0.29) is 5.60 Å². The first-order chi connectivity index (χ1) is 6.37. The van der Waals surface area contributed by atoms with Crippen LogP contribution in [0.15, 0.2) is 0 Å². The molecule has 13 heavy (non-hydrogen) atoms. The third-order valence-corrected chi connectivity index (χ3v) is 4.05. The highest BCUT2D eigenvalue weighted by Crippen LogP contribution is 2.35. The quantitative estimate of drug-likeness (QED) is 0.708.